The van der Waals surface area contributed by atoms with Gasteiger partial charge in [-0.3, -0.25) is 0 Å². The lowest BCUT2D eigenvalue weighted by Gasteiger charge is -2.24. The van der Waals surface area contributed by atoms with Crippen molar-refractivity contribution in [2.75, 3.05) is 5.73 Å². The molecule has 2 N–H and O–H groups in total. The summed E-state index contributed by atoms with van der Waals surface area (Å²) in [7, 11) is 0. The number of imidazole rings is 1. The number of nitrogen functional groups attached to an aromatic ring is 1. The molecule has 0 aliphatic rings. The van der Waals surface area contributed by atoms with Crippen molar-refractivity contribution in [1.82, 2.24) is 9.55 Å². The highest BCUT2D eigenvalue weighted by molar-refractivity contribution is 7.10. The van der Waals surface area contributed by atoms with Crippen LogP contribution in [0.25, 0.3) is 0 Å². The lowest BCUT2D eigenvalue weighted by Crippen LogP contribution is -2.23. The summed E-state index contributed by atoms with van der Waals surface area (Å²) in [5.74, 6) is 0.583. The zero-order chi connectivity index (χ0) is 10.9. The molecule has 0 radical (unpaired) electrons. The van der Waals surface area contributed by atoms with Gasteiger partial charge in [-0.2, -0.15) is 0 Å². The van der Waals surface area contributed by atoms with Gasteiger partial charge in [0.05, 0.1) is 0 Å². The van der Waals surface area contributed by atoms with E-state index in [4.69, 9.17) is 5.73 Å². The Balaban J connectivity index is 2.22. The number of hydrogen-bond donors (Lipinski definition) is 1. The Morgan fingerprint density at radius 1 is 1.53 bits per heavy atom. The molecule has 15 heavy (non-hydrogen) atoms. The molecule has 80 valence electrons. The molecule has 0 atom stereocenters. The van der Waals surface area contributed by atoms with Gasteiger partial charge in [-0.05, 0) is 11.4 Å². The van der Waals surface area contributed by atoms with Gasteiger partial charge in [0.2, 0.25) is 0 Å². The van der Waals surface area contributed by atoms with Crippen molar-refractivity contribution >= 4 is 17.3 Å². The molecule has 2 heterocycles. The van der Waals surface area contributed by atoms with E-state index in [9.17, 15) is 0 Å². The van der Waals surface area contributed by atoms with Gasteiger partial charge < -0.3 is 10.3 Å². The summed E-state index contributed by atoms with van der Waals surface area (Å²) in [5, 5.41) is 2.11. The molecule has 0 saturated carbocycles. The highest BCUT2D eigenvalue weighted by Crippen LogP contribution is 2.29. The van der Waals surface area contributed by atoms with Crippen molar-refractivity contribution < 1.29 is 0 Å². The topological polar surface area (TPSA) is 43.8 Å². The second-order valence-electron chi connectivity index (χ2n) is 4.27. The third-order valence-corrected chi connectivity index (χ3v) is 3.74. The molecule has 2 aromatic rings. The van der Waals surface area contributed by atoms with Gasteiger partial charge >= 0.3 is 0 Å². The maximum Gasteiger partial charge on any atom is 0.200 e. The minimum absolute atomic E-state index is 0.100. The summed E-state index contributed by atoms with van der Waals surface area (Å²) in [6, 6.07) is 4.25. The van der Waals surface area contributed by atoms with Crippen LogP contribution in [0.1, 0.15) is 18.7 Å². The lowest BCUT2D eigenvalue weighted by atomic mass is 9.91. The van der Waals surface area contributed by atoms with Crippen LogP contribution in [0.4, 0.5) is 5.95 Å². The Morgan fingerprint density at radius 2 is 2.33 bits per heavy atom. The molecule has 0 amide bonds. The van der Waals surface area contributed by atoms with Gasteiger partial charge in [-0.15, -0.1) is 11.3 Å². The predicted molar refractivity (Wildman–Crippen MR) is 64.0 cm³/mol. The number of rotatable bonds is 3. The molecule has 3 nitrogen and oxygen atoms in total. The van der Waals surface area contributed by atoms with Crippen LogP contribution in [0.5, 0.6) is 0 Å². The molecule has 4 heteroatoms. The second kappa shape index (κ2) is 3.70. The normalized spacial score (nSPS) is 11.9. The average molecular weight is 221 g/mol. The Kier molecular flexibility index (Phi) is 2.52. The van der Waals surface area contributed by atoms with Gasteiger partial charge in [0.15, 0.2) is 5.95 Å². The fraction of sp³-hybridized carbons (Fsp3) is 0.364. The first kappa shape index (κ1) is 10.2. The largest absolute Gasteiger partial charge is 0.369 e. The van der Waals surface area contributed by atoms with Crippen LogP contribution in [-0.2, 0) is 12.0 Å². The first-order valence-corrected chi connectivity index (χ1v) is 5.78. The van der Waals surface area contributed by atoms with Crippen LogP contribution in [0, 0.1) is 0 Å². The van der Waals surface area contributed by atoms with E-state index in [0.29, 0.717) is 5.95 Å². The number of aromatic nitrogens is 2. The summed E-state index contributed by atoms with van der Waals surface area (Å²) in [6.07, 6.45) is 3.66. The minimum Gasteiger partial charge on any atom is -0.369 e. The number of anilines is 1. The maximum atomic E-state index is 5.76. The fourth-order valence-corrected chi connectivity index (χ4v) is 2.49. The quantitative estimate of drug-likeness (QED) is 0.865. The van der Waals surface area contributed by atoms with Crippen LogP contribution >= 0.6 is 11.3 Å². The van der Waals surface area contributed by atoms with Crippen LogP contribution < -0.4 is 5.73 Å². The first-order valence-electron chi connectivity index (χ1n) is 4.90. The van der Waals surface area contributed by atoms with Crippen LogP contribution in [0.15, 0.2) is 29.9 Å². The van der Waals surface area contributed by atoms with Gasteiger partial charge in [-0.25, -0.2) is 4.98 Å². The molecule has 0 fully saturated rings. The van der Waals surface area contributed by atoms with Gasteiger partial charge in [-0.1, -0.05) is 19.9 Å². The van der Waals surface area contributed by atoms with E-state index in [-0.39, 0.29) is 5.41 Å². The Bertz CT molecular complexity index is 428. The molecular formula is C11H15N3S. The van der Waals surface area contributed by atoms with Gasteiger partial charge in [0, 0.05) is 29.2 Å². The van der Waals surface area contributed by atoms with E-state index < -0.39 is 0 Å². The molecule has 0 aliphatic carbocycles. The molecule has 0 aliphatic heterocycles. The summed E-state index contributed by atoms with van der Waals surface area (Å²) >= 11 is 1.78. The molecule has 0 bridgehead atoms. The molecule has 2 rings (SSSR count). The SMILES string of the molecule is CC(C)(Cn1ccnc1N)c1cccs1. The average Bonchev–Trinajstić information content (AvgIpc) is 2.77. The standard InChI is InChI=1S/C11H15N3S/c1-11(2,9-4-3-7-15-9)8-14-6-5-13-10(14)12/h3-7H,8H2,1-2H3,(H2,12,13). The van der Waals surface area contributed by atoms with E-state index in [0.717, 1.165) is 6.54 Å². The molecule has 0 spiro atoms. The number of nitrogens with two attached hydrogens (primary N) is 1. The zero-order valence-electron chi connectivity index (χ0n) is 8.97. The van der Waals surface area contributed by atoms with Gasteiger partial charge in [0.25, 0.3) is 0 Å². The van der Waals surface area contributed by atoms with Gasteiger partial charge in [0.1, 0.15) is 0 Å². The highest BCUT2D eigenvalue weighted by atomic mass is 32.1. The van der Waals surface area contributed by atoms with E-state index >= 15 is 0 Å². The van der Waals surface area contributed by atoms with Crippen LogP contribution in [0.2, 0.25) is 0 Å². The summed E-state index contributed by atoms with van der Waals surface area (Å²) in [6.45, 7) is 5.30. The Hall–Kier alpha value is -1.29. The van der Waals surface area contributed by atoms with Crippen molar-refractivity contribution in [3.8, 4) is 0 Å². The third kappa shape index (κ3) is 2.04. The van der Waals surface area contributed by atoms with E-state index in [1.165, 1.54) is 4.88 Å². The molecule has 0 saturated heterocycles. The van der Waals surface area contributed by atoms with Crippen molar-refractivity contribution in [1.29, 1.82) is 0 Å². The number of nitrogens with zero attached hydrogens (tertiary/aromatic N) is 2. The first-order chi connectivity index (χ1) is 7.09. The van der Waals surface area contributed by atoms with Crippen molar-refractivity contribution in [3.63, 3.8) is 0 Å². The predicted octanol–water partition coefficient (Wildman–Crippen LogP) is 2.50. The second-order valence-corrected chi connectivity index (χ2v) is 5.22. The summed E-state index contributed by atoms with van der Waals surface area (Å²) in [5.41, 5.74) is 5.86. The van der Waals surface area contributed by atoms with Crippen LogP contribution in [0.3, 0.4) is 0 Å². The van der Waals surface area contributed by atoms with Crippen molar-refractivity contribution in [3.05, 3.63) is 34.8 Å². The van der Waals surface area contributed by atoms with E-state index in [1.807, 2.05) is 10.8 Å². The summed E-state index contributed by atoms with van der Waals surface area (Å²) < 4.78 is 1.99. The number of hydrogen-bond acceptors (Lipinski definition) is 3. The molecule has 2 aromatic heterocycles. The fourth-order valence-electron chi connectivity index (χ4n) is 1.64. The van der Waals surface area contributed by atoms with E-state index in [1.54, 1.807) is 17.5 Å². The minimum atomic E-state index is 0.100. The Labute approximate surface area is 93.6 Å². The zero-order valence-corrected chi connectivity index (χ0v) is 9.79. The van der Waals surface area contributed by atoms with E-state index in [2.05, 4.69) is 36.3 Å². The Morgan fingerprint density at radius 3 is 2.87 bits per heavy atom. The highest BCUT2D eigenvalue weighted by Gasteiger charge is 2.22. The molecule has 0 unspecified atom stereocenters. The van der Waals surface area contributed by atoms with Crippen molar-refractivity contribution in [2.24, 2.45) is 0 Å². The smallest absolute Gasteiger partial charge is 0.200 e. The monoisotopic (exact) mass is 221 g/mol. The van der Waals surface area contributed by atoms with Crippen LogP contribution in [-0.4, -0.2) is 9.55 Å². The third-order valence-electron chi connectivity index (χ3n) is 2.50. The summed E-state index contributed by atoms with van der Waals surface area (Å²) in [4.78, 5) is 5.40. The lowest BCUT2D eigenvalue weighted by molar-refractivity contribution is 0.446. The molecule has 0 aromatic carbocycles. The van der Waals surface area contributed by atoms with Crippen molar-refractivity contribution in [2.45, 2.75) is 25.8 Å². The molecular weight excluding hydrogens is 206 g/mol. The maximum absolute atomic E-state index is 5.76. The number of thiophene rings is 1.